The van der Waals surface area contributed by atoms with E-state index in [-0.39, 0.29) is 53.4 Å². The fraction of sp³-hybridized carbons (Fsp3) is 0.976. The fourth-order valence-electron chi connectivity index (χ4n) is 14.9. The first-order valence-corrected chi connectivity index (χ1v) is 20.9. The number of aliphatic hydroxyl groups is 1. The van der Waals surface area contributed by atoms with Crippen molar-refractivity contribution >= 4 is 5.97 Å². The van der Waals surface area contributed by atoms with Crippen LogP contribution in [0.3, 0.4) is 0 Å². The minimum absolute atomic E-state index is 0.0397. The Hall–Kier alpha value is -0.770. The molecular formula is C42H68O8. The smallest absolute Gasteiger partial charge is 0.303 e. The second-order valence-electron chi connectivity index (χ2n) is 19.6. The number of carboxylic acid groups (broad SMARTS) is 1. The van der Waals surface area contributed by atoms with Crippen LogP contribution in [0.15, 0.2) is 0 Å². The Bertz CT molecular complexity index is 1260. The van der Waals surface area contributed by atoms with Crippen LogP contribution in [0.4, 0.5) is 0 Å². The van der Waals surface area contributed by atoms with Gasteiger partial charge < -0.3 is 33.9 Å². The van der Waals surface area contributed by atoms with E-state index in [0.717, 1.165) is 44.9 Å². The molecule has 18 atom stereocenters. The summed E-state index contributed by atoms with van der Waals surface area (Å²) in [7, 11) is 0. The molecule has 8 aliphatic rings. The molecule has 8 nitrogen and oxygen atoms in total. The van der Waals surface area contributed by atoms with Gasteiger partial charge in [0.2, 0.25) is 0 Å². The summed E-state index contributed by atoms with van der Waals surface area (Å²) in [5.41, 5.74) is 0.208. The van der Waals surface area contributed by atoms with Crippen LogP contribution in [0.1, 0.15) is 131 Å². The number of carboxylic acids is 1. The molecule has 0 aromatic heterocycles. The van der Waals surface area contributed by atoms with E-state index in [1.807, 2.05) is 0 Å². The Balaban J connectivity index is 0.961. The molecule has 7 unspecified atom stereocenters. The van der Waals surface area contributed by atoms with E-state index in [0.29, 0.717) is 73.1 Å². The van der Waals surface area contributed by atoms with Gasteiger partial charge >= 0.3 is 5.97 Å². The standard InChI is InChI=1S/C42H68O8/c1-24(8-12-36(44)45)29-10-11-32-37-33(14-17-40(29,32)5)39(4)16-13-28(43)21-27(39)22-34(37)46-19-20-47-38-26(3)31-9-7-25(2)30-15-18-41(6)49-35(23-48-38)42(30,31)50-41/h24-35,37-38,43H,7-23H2,1-6H3,(H,44,45)/t24-,25-,26-,27?,28-,29-,30?,31?,32?,33?,34+,35?,37?,38+,39+,40-,41-,42-/m1/s1. The highest BCUT2D eigenvalue weighted by atomic mass is 16.8. The van der Waals surface area contributed by atoms with Crippen molar-refractivity contribution in [3.8, 4) is 0 Å². The molecule has 3 saturated heterocycles. The number of rotatable bonds is 9. The van der Waals surface area contributed by atoms with Gasteiger partial charge in [-0.15, -0.1) is 0 Å². The van der Waals surface area contributed by atoms with Gasteiger partial charge in [0.25, 0.3) is 0 Å². The van der Waals surface area contributed by atoms with E-state index in [4.69, 9.17) is 23.7 Å². The van der Waals surface area contributed by atoms with Crippen molar-refractivity contribution in [2.24, 2.45) is 70.0 Å². The Morgan fingerprint density at radius 1 is 0.860 bits per heavy atom. The molecule has 284 valence electrons. The second-order valence-corrected chi connectivity index (χ2v) is 19.6. The maximum Gasteiger partial charge on any atom is 0.303 e. The predicted octanol–water partition coefficient (Wildman–Crippen LogP) is 7.84. The zero-order valence-electron chi connectivity index (χ0n) is 31.9. The van der Waals surface area contributed by atoms with Crippen molar-refractivity contribution in [2.45, 2.75) is 167 Å². The van der Waals surface area contributed by atoms with E-state index in [9.17, 15) is 15.0 Å². The van der Waals surface area contributed by atoms with E-state index in [1.54, 1.807) is 0 Å². The van der Waals surface area contributed by atoms with Gasteiger partial charge in [-0.25, -0.2) is 0 Å². The first kappa shape index (κ1) is 36.2. The summed E-state index contributed by atoms with van der Waals surface area (Å²) in [5.74, 6) is 3.72. The van der Waals surface area contributed by atoms with Crippen molar-refractivity contribution in [2.75, 3.05) is 19.8 Å². The van der Waals surface area contributed by atoms with Gasteiger partial charge in [0.05, 0.1) is 32.0 Å². The lowest BCUT2D eigenvalue weighted by Gasteiger charge is -2.63. The molecule has 0 amide bonds. The third-order valence-electron chi connectivity index (χ3n) is 17.4. The first-order valence-electron chi connectivity index (χ1n) is 20.9. The van der Waals surface area contributed by atoms with Crippen molar-refractivity contribution in [3.63, 3.8) is 0 Å². The zero-order valence-corrected chi connectivity index (χ0v) is 31.9. The number of ether oxygens (including phenoxy) is 5. The Kier molecular flexibility index (Phi) is 9.57. The summed E-state index contributed by atoms with van der Waals surface area (Å²) < 4.78 is 33.9. The molecule has 2 bridgehead atoms. The summed E-state index contributed by atoms with van der Waals surface area (Å²) in [6.07, 6.45) is 14.0. The van der Waals surface area contributed by atoms with Crippen LogP contribution in [-0.4, -0.2) is 72.0 Å². The molecule has 50 heavy (non-hydrogen) atoms. The zero-order chi connectivity index (χ0) is 35.2. The van der Waals surface area contributed by atoms with Gasteiger partial charge in [0.1, 0.15) is 11.7 Å². The number of aliphatic hydroxyl groups excluding tert-OH is 1. The average molecular weight is 701 g/mol. The van der Waals surface area contributed by atoms with Crippen molar-refractivity contribution in [1.29, 1.82) is 0 Å². The topological polar surface area (TPSA) is 104 Å². The Labute approximate surface area is 301 Å². The van der Waals surface area contributed by atoms with E-state index in [2.05, 4.69) is 41.5 Å². The molecule has 0 aromatic rings. The van der Waals surface area contributed by atoms with Gasteiger partial charge in [0.15, 0.2) is 12.1 Å². The maximum atomic E-state index is 11.5. The Morgan fingerprint density at radius 3 is 2.38 bits per heavy atom. The lowest BCUT2D eigenvalue weighted by molar-refractivity contribution is -0.264. The lowest BCUT2D eigenvalue weighted by atomic mass is 9.43. The summed E-state index contributed by atoms with van der Waals surface area (Å²) in [6.45, 7) is 15.8. The Morgan fingerprint density at radius 2 is 1.58 bits per heavy atom. The van der Waals surface area contributed by atoms with E-state index < -0.39 is 11.8 Å². The van der Waals surface area contributed by atoms with Crippen molar-refractivity contribution < 1.29 is 38.7 Å². The highest BCUT2D eigenvalue weighted by Gasteiger charge is 2.69. The molecule has 2 N–H and O–H groups in total. The second kappa shape index (κ2) is 13.2. The highest BCUT2D eigenvalue weighted by Crippen LogP contribution is 2.69. The molecule has 0 radical (unpaired) electrons. The van der Waals surface area contributed by atoms with Gasteiger partial charge in [-0.05, 0) is 148 Å². The van der Waals surface area contributed by atoms with Crippen molar-refractivity contribution in [1.82, 2.24) is 0 Å². The minimum Gasteiger partial charge on any atom is -0.481 e. The monoisotopic (exact) mass is 700 g/mol. The third kappa shape index (κ3) is 5.69. The maximum absolute atomic E-state index is 11.5. The molecule has 3 heterocycles. The third-order valence-corrected chi connectivity index (χ3v) is 17.4. The van der Waals surface area contributed by atoms with Gasteiger partial charge in [-0.3, -0.25) is 4.79 Å². The summed E-state index contributed by atoms with van der Waals surface area (Å²) in [4.78, 5) is 11.5. The lowest BCUT2D eigenvalue weighted by Crippen LogP contribution is -2.61. The van der Waals surface area contributed by atoms with Crippen LogP contribution < -0.4 is 0 Å². The number of hydrogen-bond acceptors (Lipinski definition) is 7. The molecule has 8 heteroatoms. The SMILES string of the molecule is C[C@@H]1CCC2[C@@H](C)[C@@H](OCCO[C@H]3CC4C[C@H](O)CC[C@]4(C)C4CC[C@@]5(C)C(CC[C@@H]5[C@H](C)CCC(=O)O)C43)OCC3O[C@@]4(C)CCC1[C@]32O4. The molecule has 3 aliphatic heterocycles. The normalized spacial score (nSPS) is 54.5. The molecule has 0 aromatic carbocycles. The van der Waals surface area contributed by atoms with Crippen LogP contribution in [0.25, 0.3) is 0 Å². The number of aliphatic carboxylic acids is 1. The minimum atomic E-state index is -0.677. The van der Waals surface area contributed by atoms with E-state index in [1.165, 1.54) is 38.5 Å². The quantitative estimate of drug-likeness (QED) is 0.235. The van der Waals surface area contributed by atoms with Crippen LogP contribution in [-0.2, 0) is 28.5 Å². The number of carbonyl (C=O) groups is 1. The molecule has 5 aliphatic carbocycles. The van der Waals surface area contributed by atoms with Crippen LogP contribution in [0, 0.1) is 70.0 Å². The summed E-state index contributed by atoms with van der Waals surface area (Å²) in [5, 5.41) is 20.2. The molecular weight excluding hydrogens is 632 g/mol. The van der Waals surface area contributed by atoms with Crippen LogP contribution in [0.5, 0.6) is 0 Å². The average Bonchev–Trinajstić information content (AvgIpc) is 3.50. The molecule has 5 saturated carbocycles. The summed E-state index contributed by atoms with van der Waals surface area (Å²) in [6, 6.07) is 0. The number of hydrogen-bond donors (Lipinski definition) is 2. The molecule has 8 fully saturated rings. The predicted molar refractivity (Wildman–Crippen MR) is 189 cm³/mol. The highest BCUT2D eigenvalue weighted by molar-refractivity contribution is 5.66. The first-order chi connectivity index (χ1) is 23.8. The van der Waals surface area contributed by atoms with Gasteiger partial charge in [-0.1, -0.05) is 34.6 Å². The van der Waals surface area contributed by atoms with Gasteiger partial charge in [-0.2, -0.15) is 0 Å². The van der Waals surface area contributed by atoms with E-state index >= 15 is 0 Å². The van der Waals surface area contributed by atoms with Crippen molar-refractivity contribution in [3.05, 3.63) is 0 Å². The number of fused-ring (bicyclic) bond motifs is 6. The molecule has 1 spiro atoms. The van der Waals surface area contributed by atoms with Crippen LogP contribution >= 0.6 is 0 Å². The summed E-state index contributed by atoms with van der Waals surface area (Å²) >= 11 is 0. The van der Waals surface area contributed by atoms with Crippen LogP contribution in [0.2, 0.25) is 0 Å². The largest absolute Gasteiger partial charge is 0.481 e. The van der Waals surface area contributed by atoms with Gasteiger partial charge in [0, 0.05) is 18.8 Å². The molecule has 8 rings (SSSR count). The fourth-order valence-corrected chi connectivity index (χ4v) is 14.9.